The van der Waals surface area contributed by atoms with Gasteiger partial charge in [0, 0.05) is 24.7 Å². The fourth-order valence-electron chi connectivity index (χ4n) is 4.87. The molecular weight excluding hydrogens is 540 g/mol. The highest BCUT2D eigenvalue weighted by Gasteiger charge is 2.32. The number of amides is 1. The van der Waals surface area contributed by atoms with Gasteiger partial charge in [-0.3, -0.25) is 9.69 Å². The number of hydrogen-bond acceptors (Lipinski definition) is 6. The molecule has 1 aliphatic rings. The number of hydrogen-bond donors (Lipinski definition) is 0. The van der Waals surface area contributed by atoms with Crippen molar-refractivity contribution < 1.29 is 13.2 Å². The largest absolute Gasteiger partial charge is 0.309 e. The Bertz CT molecular complexity index is 1320. The van der Waals surface area contributed by atoms with E-state index in [9.17, 15) is 13.2 Å². The number of sulfonamides is 1. The van der Waals surface area contributed by atoms with Crippen LogP contribution >= 0.6 is 23.7 Å². The number of aryl methyl sites for hydroxylation is 2. The molecule has 1 aliphatic heterocycles. The van der Waals surface area contributed by atoms with E-state index in [1.165, 1.54) is 22.5 Å². The van der Waals surface area contributed by atoms with E-state index in [0.717, 1.165) is 48.9 Å². The first-order valence-corrected chi connectivity index (χ1v) is 15.3. The summed E-state index contributed by atoms with van der Waals surface area (Å²) in [6.45, 7) is 8.11. The molecule has 3 aromatic rings. The quantitative estimate of drug-likeness (QED) is 0.317. The number of anilines is 1. The number of thiazole rings is 1. The summed E-state index contributed by atoms with van der Waals surface area (Å²) in [5, 5.41) is 0.666. The summed E-state index contributed by atoms with van der Waals surface area (Å²) in [7, 11) is 0.433. The maximum Gasteiger partial charge on any atom is 0.260 e. The highest BCUT2D eigenvalue weighted by molar-refractivity contribution is 7.89. The van der Waals surface area contributed by atoms with E-state index in [1.807, 2.05) is 21.0 Å². The third-order valence-electron chi connectivity index (χ3n) is 7.21. The molecule has 2 aromatic carbocycles. The van der Waals surface area contributed by atoms with Gasteiger partial charge in [0.1, 0.15) is 0 Å². The number of benzene rings is 2. The average molecular weight is 579 g/mol. The minimum atomic E-state index is -3.59. The van der Waals surface area contributed by atoms with Crippen molar-refractivity contribution in [2.75, 3.05) is 38.6 Å². The lowest BCUT2D eigenvalue weighted by molar-refractivity contribution is 0.0986. The lowest BCUT2D eigenvalue weighted by Crippen LogP contribution is -2.43. The maximum absolute atomic E-state index is 13.7. The van der Waals surface area contributed by atoms with Gasteiger partial charge in [-0.25, -0.2) is 13.4 Å². The van der Waals surface area contributed by atoms with Crippen LogP contribution in [0.5, 0.6) is 0 Å². The van der Waals surface area contributed by atoms with E-state index in [4.69, 9.17) is 4.98 Å². The Morgan fingerprint density at radius 2 is 1.76 bits per heavy atom. The first-order valence-electron chi connectivity index (χ1n) is 13.1. The van der Waals surface area contributed by atoms with E-state index in [2.05, 4.69) is 30.9 Å². The zero-order chi connectivity index (χ0) is 26.7. The summed E-state index contributed by atoms with van der Waals surface area (Å²) in [6.07, 6.45) is 4.45. The highest BCUT2D eigenvalue weighted by atomic mass is 35.5. The van der Waals surface area contributed by atoms with Gasteiger partial charge in [0.2, 0.25) is 10.0 Å². The minimum Gasteiger partial charge on any atom is -0.309 e. The normalized spacial score (nSPS) is 16.5. The Balaban J connectivity index is 0.00000400. The highest BCUT2D eigenvalue weighted by Crippen LogP contribution is 2.32. The molecule has 10 heteroatoms. The van der Waals surface area contributed by atoms with Gasteiger partial charge < -0.3 is 4.90 Å². The molecule has 1 amide bonds. The molecule has 0 aliphatic carbocycles. The average Bonchev–Trinajstić information content (AvgIpc) is 3.28. The Morgan fingerprint density at radius 3 is 2.42 bits per heavy atom. The van der Waals surface area contributed by atoms with Crippen LogP contribution in [0.15, 0.2) is 41.3 Å². The van der Waals surface area contributed by atoms with Gasteiger partial charge in [0.05, 0.1) is 15.1 Å². The molecular formula is C28H39ClN4O3S2. The Hall–Kier alpha value is -2.04. The van der Waals surface area contributed by atoms with Crippen molar-refractivity contribution in [3.63, 3.8) is 0 Å². The third-order valence-corrected chi connectivity index (χ3v) is 10.2. The number of halogens is 1. The second-order valence-electron chi connectivity index (χ2n) is 10.2. The minimum absolute atomic E-state index is 0. The van der Waals surface area contributed by atoms with Gasteiger partial charge >= 0.3 is 0 Å². The molecule has 7 nitrogen and oxygen atoms in total. The molecule has 1 fully saturated rings. The Morgan fingerprint density at radius 1 is 1.08 bits per heavy atom. The fraction of sp³-hybridized carbons (Fsp3) is 0.500. The third kappa shape index (κ3) is 6.57. The number of fused-ring (bicyclic) bond motifs is 1. The summed E-state index contributed by atoms with van der Waals surface area (Å²) >= 11 is 1.52. The van der Waals surface area contributed by atoms with Crippen molar-refractivity contribution in [1.82, 2.24) is 14.2 Å². The Kier molecular flexibility index (Phi) is 10.3. The molecule has 2 heterocycles. The van der Waals surface area contributed by atoms with Crippen LogP contribution in [0, 0.1) is 13.8 Å². The molecule has 1 atom stereocenters. The zero-order valence-corrected chi connectivity index (χ0v) is 25.4. The van der Waals surface area contributed by atoms with E-state index < -0.39 is 10.0 Å². The van der Waals surface area contributed by atoms with Gasteiger partial charge in [0.15, 0.2) is 5.13 Å². The number of nitrogens with zero attached hydrogens (tertiary/aromatic N) is 4. The smallest absolute Gasteiger partial charge is 0.260 e. The molecule has 38 heavy (non-hydrogen) atoms. The van der Waals surface area contributed by atoms with Crippen molar-refractivity contribution in [3.8, 4) is 0 Å². The van der Waals surface area contributed by atoms with Gasteiger partial charge in [-0.15, -0.1) is 12.4 Å². The van der Waals surface area contributed by atoms with Crippen molar-refractivity contribution in [1.29, 1.82) is 0 Å². The second-order valence-corrected chi connectivity index (χ2v) is 13.1. The van der Waals surface area contributed by atoms with Crippen LogP contribution in [0.1, 0.15) is 60.5 Å². The summed E-state index contributed by atoms with van der Waals surface area (Å²) < 4.78 is 29.4. The predicted octanol–water partition coefficient (Wildman–Crippen LogP) is 5.89. The van der Waals surface area contributed by atoms with Crippen LogP contribution in [0.2, 0.25) is 0 Å². The number of piperidine rings is 1. The Labute approximate surface area is 237 Å². The first kappa shape index (κ1) is 30.5. The number of rotatable bonds is 9. The van der Waals surface area contributed by atoms with Gasteiger partial charge in [-0.2, -0.15) is 4.31 Å². The standard InChI is InChI=1S/C28H38N4O3S2.ClH/c1-6-23-10-7-8-17-32(23)37(34,35)24-13-11-22(12-14-24)27(33)31(16-9-15-30(4)5)28-29-25-18-20(2)21(3)19-26(25)36-28;/h11-14,18-19,23H,6-10,15-17H2,1-5H3;1H. The predicted molar refractivity (Wildman–Crippen MR) is 159 cm³/mol. The summed E-state index contributed by atoms with van der Waals surface area (Å²) in [5.41, 5.74) is 3.72. The van der Waals surface area contributed by atoms with Crippen molar-refractivity contribution >= 4 is 55.0 Å². The van der Waals surface area contributed by atoms with Crippen molar-refractivity contribution in [2.45, 2.75) is 63.8 Å². The molecule has 0 spiro atoms. The number of aromatic nitrogens is 1. The van der Waals surface area contributed by atoms with Gasteiger partial charge in [-0.1, -0.05) is 24.7 Å². The van der Waals surface area contributed by atoms with Crippen LogP contribution in [0.3, 0.4) is 0 Å². The van der Waals surface area contributed by atoms with Crippen LogP contribution in [-0.2, 0) is 10.0 Å². The molecule has 4 rings (SSSR count). The van der Waals surface area contributed by atoms with Crippen LogP contribution in [0.25, 0.3) is 10.2 Å². The maximum atomic E-state index is 13.7. The fourth-order valence-corrected chi connectivity index (χ4v) is 7.71. The summed E-state index contributed by atoms with van der Waals surface area (Å²) in [6, 6.07) is 10.7. The molecule has 0 bridgehead atoms. The molecule has 0 saturated carbocycles. The van der Waals surface area contributed by atoms with E-state index in [-0.39, 0.29) is 29.3 Å². The zero-order valence-electron chi connectivity index (χ0n) is 22.9. The molecule has 1 unspecified atom stereocenters. The monoisotopic (exact) mass is 578 g/mol. The van der Waals surface area contributed by atoms with Gasteiger partial charge in [-0.05, 0) is 108 Å². The van der Waals surface area contributed by atoms with Crippen molar-refractivity contribution in [2.24, 2.45) is 0 Å². The first-order chi connectivity index (χ1) is 17.6. The van der Waals surface area contributed by atoms with Crippen LogP contribution < -0.4 is 4.90 Å². The SMILES string of the molecule is CCC1CCCCN1S(=O)(=O)c1ccc(C(=O)N(CCCN(C)C)c2nc3cc(C)c(C)cc3s2)cc1.Cl. The van der Waals surface area contributed by atoms with E-state index >= 15 is 0 Å². The second kappa shape index (κ2) is 12.9. The van der Waals surface area contributed by atoms with E-state index in [1.54, 1.807) is 33.5 Å². The molecule has 1 aromatic heterocycles. The molecule has 1 saturated heterocycles. The summed E-state index contributed by atoms with van der Waals surface area (Å²) in [4.78, 5) is 22.6. The lowest BCUT2D eigenvalue weighted by atomic mass is 10.0. The van der Waals surface area contributed by atoms with Crippen LogP contribution in [-0.4, -0.2) is 68.3 Å². The van der Waals surface area contributed by atoms with Gasteiger partial charge in [0.25, 0.3) is 5.91 Å². The van der Waals surface area contributed by atoms with Crippen LogP contribution in [0.4, 0.5) is 5.13 Å². The van der Waals surface area contributed by atoms with Crippen molar-refractivity contribution in [3.05, 3.63) is 53.1 Å². The molecule has 0 radical (unpaired) electrons. The number of carbonyl (C=O) groups excluding carboxylic acids is 1. The summed E-state index contributed by atoms with van der Waals surface area (Å²) in [5.74, 6) is -0.167. The topological polar surface area (TPSA) is 73.8 Å². The van der Waals surface area contributed by atoms with E-state index in [0.29, 0.717) is 23.8 Å². The molecule has 208 valence electrons. The lowest BCUT2D eigenvalue weighted by Gasteiger charge is -2.34. The number of carbonyl (C=O) groups is 1. The molecule has 0 N–H and O–H groups in total.